The molecule has 1 aromatic rings. The number of ether oxygens (including phenoxy) is 1. The Labute approximate surface area is 137 Å². The Balaban J connectivity index is 1.93. The van der Waals surface area contributed by atoms with E-state index in [2.05, 4.69) is 11.9 Å². The molecule has 3 atom stereocenters. The molecule has 0 saturated carbocycles. The highest BCUT2D eigenvalue weighted by Gasteiger charge is 2.52. The molecule has 23 heavy (non-hydrogen) atoms. The van der Waals surface area contributed by atoms with Crippen molar-refractivity contribution >= 4 is 12.2 Å². The molecule has 0 radical (unpaired) electrons. The van der Waals surface area contributed by atoms with E-state index in [-0.39, 0.29) is 23.9 Å². The van der Waals surface area contributed by atoms with Gasteiger partial charge in [-0.25, -0.2) is 5.01 Å². The highest BCUT2D eigenvalue weighted by atomic mass is 16.5. The largest absolute Gasteiger partial charge is 0.497 e. The SMILES string of the molecule is CCCC[C@@H]1[C@@H](C=O)[C@H](c2ccc(OC)cc2)N2CCC(=O)N12. The summed E-state index contributed by atoms with van der Waals surface area (Å²) >= 11 is 0. The summed E-state index contributed by atoms with van der Waals surface area (Å²) in [5.41, 5.74) is 1.07. The van der Waals surface area contributed by atoms with Crippen LogP contribution in [0.3, 0.4) is 0 Å². The van der Waals surface area contributed by atoms with Gasteiger partial charge in [0.05, 0.1) is 25.1 Å². The molecule has 0 aromatic heterocycles. The fraction of sp³-hybridized carbons (Fsp3) is 0.556. The summed E-state index contributed by atoms with van der Waals surface area (Å²) in [5.74, 6) is 0.777. The maximum atomic E-state index is 12.3. The van der Waals surface area contributed by atoms with Crippen LogP contribution in [0.15, 0.2) is 24.3 Å². The van der Waals surface area contributed by atoms with Crippen LogP contribution >= 0.6 is 0 Å². The summed E-state index contributed by atoms with van der Waals surface area (Å²) in [5, 5.41) is 3.97. The molecule has 124 valence electrons. The number of hydrazine groups is 1. The van der Waals surface area contributed by atoms with Crippen molar-refractivity contribution in [2.45, 2.75) is 44.7 Å². The number of benzene rings is 1. The van der Waals surface area contributed by atoms with Crippen LogP contribution in [0.2, 0.25) is 0 Å². The first-order valence-electron chi connectivity index (χ1n) is 8.39. The highest BCUT2D eigenvalue weighted by Crippen LogP contribution is 2.45. The molecule has 0 bridgehead atoms. The van der Waals surface area contributed by atoms with Crippen LogP contribution in [0.4, 0.5) is 0 Å². The Hall–Kier alpha value is -1.88. The van der Waals surface area contributed by atoms with E-state index in [1.807, 2.05) is 29.3 Å². The molecule has 2 aliphatic rings. The van der Waals surface area contributed by atoms with Crippen molar-refractivity contribution in [2.24, 2.45) is 5.92 Å². The Bertz CT molecular complexity index is 572. The Morgan fingerprint density at radius 2 is 2.04 bits per heavy atom. The lowest BCUT2D eigenvalue weighted by molar-refractivity contribution is -0.138. The minimum Gasteiger partial charge on any atom is -0.497 e. The van der Waals surface area contributed by atoms with Gasteiger partial charge in [-0.05, 0) is 24.1 Å². The van der Waals surface area contributed by atoms with Crippen LogP contribution in [0.5, 0.6) is 5.75 Å². The zero-order chi connectivity index (χ0) is 16.4. The summed E-state index contributed by atoms with van der Waals surface area (Å²) in [4.78, 5) is 24.2. The predicted octanol–water partition coefficient (Wildman–Crippen LogP) is 2.57. The van der Waals surface area contributed by atoms with Gasteiger partial charge in [0.2, 0.25) is 5.91 Å². The number of fused-ring (bicyclic) bond motifs is 1. The van der Waals surface area contributed by atoms with Crippen molar-refractivity contribution in [1.29, 1.82) is 0 Å². The summed E-state index contributed by atoms with van der Waals surface area (Å²) in [6.07, 6.45) is 4.57. The molecule has 3 rings (SSSR count). The topological polar surface area (TPSA) is 49.9 Å². The molecule has 2 heterocycles. The van der Waals surface area contributed by atoms with Gasteiger partial charge in [-0.3, -0.25) is 9.80 Å². The summed E-state index contributed by atoms with van der Waals surface area (Å²) in [6, 6.07) is 7.78. The lowest BCUT2D eigenvalue weighted by Crippen LogP contribution is -2.39. The molecular weight excluding hydrogens is 292 g/mol. The molecule has 5 nitrogen and oxygen atoms in total. The van der Waals surface area contributed by atoms with Gasteiger partial charge < -0.3 is 9.53 Å². The van der Waals surface area contributed by atoms with Crippen LogP contribution in [0.1, 0.15) is 44.2 Å². The van der Waals surface area contributed by atoms with Crippen LogP contribution in [0, 0.1) is 5.92 Å². The molecule has 5 heteroatoms. The minimum absolute atomic E-state index is 0.00504. The molecule has 0 spiro atoms. The lowest BCUT2D eigenvalue weighted by Gasteiger charge is -2.27. The van der Waals surface area contributed by atoms with E-state index in [1.54, 1.807) is 7.11 Å². The smallest absolute Gasteiger partial charge is 0.238 e. The number of nitrogens with zero attached hydrogens (tertiary/aromatic N) is 2. The maximum Gasteiger partial charge on any atom is 0.238 e. The van der Waals surface area contributed by atoms with Crippen LogP contribution < -0.4 is 4.74 Å². The van der Waals surface area contributed by atoms with Gasteiger partial charge in [0, 0.05) is 13.0 Å². The first-order valence-corrected chi connectivity index (χ1v) is 8.39. The number of carbonyl (C=O) groups excluding carboxylic acids is 2. The second-order valence-corrected chi connectivity index (χ2v) is 6.29. The third kappa shape index (κ3) is 2.74. The zero-order valence-electron chi connectivity index (χ0n) is 13.8. The number of carbonyl (C=O) groups is 2. The van der Waals surface area contributed by atoms with Crippen molar-refractivity contribution in [3.63, 3.8) is 0 Å². The molecule has 2 saturated heterocycles. The first kappa shape index (κ1) is 16.0. The third-order valence-electron chi connectivity index (χ3n) is 5.00. The molecule has 0 aliphatic carbocycles. The number of methoxy groups -OCH3 is 1. The number of unbranched alkanes of at least 4 members (excludes halogenated alkanes) is 1. The Morgan fingerprint density at radius 3 is 2.65 bits per heavy atom. The normalized spacial score (nSPS) is 27.3. The van der Waals surface area contributed by atoms with Crippen molar-refractivity contribution in [1.82, 2.24) is 10.0 Å². The summed E-state index contributed by atoms with van der Waals surface area (Å²) in [6.45, 7) is 2.83. The zero-order valence-corrected chi connectivity index (χ0v) is 13.8. The number of hydrogen-bond donors (Lipinski definition) is 0. The Kier molecular flexibility index (Phi) is 4.66. The fourth-order valence-corrected chi connectivity index (χ4v) is 3.88. The van der Waals surface area contributed by atoms with Crippen molar-refractivity contribution in [2.75, 3.05) is 13.7 Å². The van der Waals surface area contributed by atoms with Crippen LogP contribution in [0.25, 0.3) is 0 Å². The van der Waals surface area contributed by atoms with Gasteiger partial charge in [0.15, 0.2) is 0 Å². The van der Waals surface area contributed by atoms with E-state index in [0.29, 0.717) is 13.0 Å². The highest BCUT2D eigenvalue weighted by molar-refractivity contribution is 5.79. The van der Waals surface area contributed by atoms with Gasteiger partial charge in [-0.1, -0.05) is 31.9 Å². The monoisotopic (exact) mass is 316 g/mol. The van der Waals surface area contributed by atoms with Gasteiger partial charge in [-0.15, -0.1) is 0 Å². The van der Waals surface area contributed by atoms with Crippen molar-refractivity contribution in [3.05, 3.63) is 29.8 Å². The minimum atomic E-state index is -0.167. The molecule has 0 N–H and O–H groups in total. The second-order valence-electron chi connectivity index (χ2n) is 6.29. The molecule has 1 aromatic carbocycles. The standard InChI is InChI=1S/C18H24N2O3/c1-3-4-5-16-15(12-21)18(19-11-10-17(22)20(16)19)13-6-8-14(23-2)9-7-13/h6-9,12,15-16,18H,3-5,10-11H2,1-2H3/t15-,16-,18+/m1/s1. The van der Waals surface area contributed by atoms with E-state index >= 15 is 0 Å². The quantitative estimate of drug-likeness (QED) is 0.757. The summed E-state index contributed by atoms with van der Waals surface area (Å²) < 4.78 is 5.22. The molecule has 2 aliphatic heterocycles. The van der Waals surface area contributed by atoms with E-state index in [1.165, 1.54) is 0 Å². The van der Waals surface area contributed by atoms with E-state index in [4.69, 9.17) is 4.74 Å². The van der Waals surface area contributed by atoms with Gasteiger partial charge in [0.1, 0.15) is 12.0 Å². The van der Waals surface area contributed by atoms with E-state index in [9.17, 15) is 9.59 Å². The van der Waals surface area contributed by atoms with Crippen LogP contribution in [-0.4, -0.2) is 41.9 Å². The maximum absolute atomic E-state index is 12.3. The Morgan fingerprint density at radius 1 is 1.30 bits per heavy atom. The van der Waals surface area contributed by atoms with E-state index < -0.39 is 0 Å². The number of rotatable bonds is 6. The molecular formula is C18H24N2O3. The van der Waals surface area contributed by atoms with Crippen LogP contribution in [-0.2, 0) is 9.59 Å². The lowest BCUT2D eigenvalue weighted by atomic mass is 9.87. The molecule has 2 fully saturated rings. The first-order chi connectivity index (χ1) is 11.2. The van der Waals surface area contributed by atoms with E-state index in [0.717, 1.165) is 36.9 Å². The van der Waals surface area contributed by atoms with Crippen molar-refractivity contribution in [3.8, 4) is 5.75 Å². The van der Waals surface area contributed by atoms with Gasteiger partial charge >= 0.3 is 0 Å². The fourth-order valence-electron chi connectivity index (χ4n) is 3.88. The number of hydrogen-bond acceptors (Lipinski definition) is 4. The average Bonchev–Trinajstić information content (AvgIpc) is 3.10. The predicted molar refractivity (Wildman–Crippen MR) is 86.8 cm³/mol. The second kappa shape index (κ2) is 6.71. The number of aldehydes is 1. The van der Waals surface area contributed by atoms with Crippen molar-refractivity contribution < 1.29 is 14.3 Å². The molecule has 1 amide bonds. The third-order valence-corrected chi connectivity index (χ3v) is 5.00. The molecule has 0 unspecified atom stereocenters. The number of amides is 1. The summed E-state index contributed by atoms with van der Waals surface area (Å²) in [7, 11) is 1.64. The van der Waals surface area contributed by atoms with Gasteiger partial charge in [-0.2, -0.15) is 0 Å². The van der Waals surface area contributed by atoms with Gasteiger partial charge in [0.25, 0.3) is 0 Å². The average molecular weight is 316 g/mol.